The monoisotopic (exact) mass is 336 g/mol. The average Bonchev–Trinajstić information content (AvgIpc) is 3.10. The van der Waals surface area contributed by atoms with Crippen LogP contribution in [0.5, 0.6) is 5.75 Å². The molecule has 1 fully saturated rings. The van der Waals surface area contributed by atoms with E-state index in [0.29, 0.717) is 5.76 Å². The van der Waals surface area contributed by atoms with E-state index in [2.05, 4.69) is 15.0 Å². The van der Waals surface area contributed by atoms with Crippen molar-refractivity contribution in [2.75, 3.05) is 18.0 Å². The van der Waals surface area contributed by atoms with Crippen LogP contribution in [0.2, 0.25) is 0 Å². The fourth-order valence-corrected chi connectivity index (χ4v) is 2.78. The zero-order valence-corrected chi connectivity index (χ0v) is 13.0. The number of rotatable bonds is 5. The molecule has 24 heavy (non-hydrogen) atoms. The van der Waals surface area contributed by atoms with Crippen LogP contribution in [0.1, 0.15) is 23.4 Å². The molecule has 1 amide bonds. The third-order valence-electron chi connectivity index (χ3n) is 4.00. The summed E-state index contributed by atoms with van der Waals surface area (Å²) < 4.78 is 33.7. The number of halogens is 2. The van der Waals surface area contributed by atoms with E-state index in [4.69, 9.17) is 4.42 Å². The van der Waals surface area contributed by atoms with E-state index >= 15 is 0 Å². The highest BCUT2D eigenvalue weighted by atomic mass is 19.3. The van der Waals surface area contributed by atoms with Crippen molar-refractivity contribution in [3.05, 3.63) is 48.4 Å². The number of alkyl halides is 2. The van der Waals surface area contributed by atoms with Crippen LogP contribution in [-0.4, -0.2) is 31.7 Å². The lowest BCUT2D eigenvalue weighted by Crippen LogP contribution is -2.44. The lowest BCUT2D eigenvalue weighted by atomic mass is 10.0. The Labute approximate surface area is 138 Å². The fourth-order valence-electron chi connectivity index (χ4n) is 2.78. The lowest BCUT2D eigenvalue weighted by Gasteiger charge is -2.33. The molecule has 0 unspecified atom stereocenters. The molecule has 0 spiro atoms. The summed E-state index contributed by atoms with van der Waals surface area (Å²) in [4.78, 5) is 14.1. The van der Waals surface area contributed by atoms with Gasteiger partial charge in [-0.3, -0.25) is 4.79 Å². The molecule has 128 valence electrons. The van der Waals surface area contributed by atoms with Gasteiger partial charge in [-0.1, -0.05) is 0 Å². The molecule has 2 aromatic rings. The van der Waals surface area contributed by atoms with Gasteiger partial charge in [0.25, 0.3) is 5.91 Å². The summed E-state index contributed by atoms with van der Waals surface area (Å²) in [6.07, 6.45) is 3.09. The topological polar surface area (TPSA) is 54.7 Å². The quantitative estimate of drug-likeness (QED) is 0.910. The van der Waals surface area contributed by atoms with Gasteiger partial charge in [-0.15, -0.1) is 0 Å². The SMILES string of the molecule is O=C(NC1CCN(c2ccc(OC(F)F)cc2)CC1)c1ccco1. The molecule has 0 saturated carbocycles. The number of nitrogens with zero attached hydrogens (tertiary/aromatic N) is 1. The van der Waals surface area contributed by atoms with E-state index in [1.54, 1.807) is 24.3 Å². The molecule has 0 atom stereocenters. The Morgan fingerprint density at radius 3 is 2.50 bits per heavy atom. The summed E-state index contributed by atoms with van der Waals surface area (Å²) in [5, 5.41) is 2.96. The lowest BCUT2D eigenvalue weighted by molar-refractivity contribution is -0.0498. The normalized spacial score (nSPS) is 15.5. The molecule has 5 nitrogen and oxygen atoms in total. The Morgan fingerprint density at radius 2 is 1.92 bits per heavy atom. The first-order valence-corrected chi connectivity index (χ1v) is 7.76. The Kier molecular flexibility index (Phi) is 4.98. The molecule has 1 N–H and O–H groups in total. The Hall–Kier alpha value is -2.57. The molecule has 7 heteroatoms. The van der Waals surface area contributed by atoms with Crippen LogP contribution in [0, 0.1) is 0 Å². The Bertz CT molecular complexity index is 651. The number of hydrogen-bond donors (Lipinski definition) is 1. The van der Waals surface area contributed by atoms with E-state index in [0.717, 1.165) is 31.6 Å². The van der Waals surface area contributed by atoms with Crippen LogP contribution >= 0.6 is 0 Å². The number of benzene rings is 1. The van der Waals surface area contributed by atoms with Crippen molar-refractivity contribution >= 4 is 11.6 Å². The highest BCUT2D eigenvalue weighted by molar-refractivity contribution is 5.91. The number of amides is 1. The summed E-state index contributed by atoms with van der Waals surface area (Å²) in [7, 11) is 0. The molecule has 1 aliphatic heterocycles. The molecular weight excluding hydrogens is 318 g/mol. The summed E-state index contributed by atoms with van der Waals surface area (Å²) in [5.74, 6) is 0.258. The van der Waals surface area contributed by atoms with Gasteiger partial charge in [0.1, 0.15) is 5.75 Å². The van der Waals surface area contributed by atoms with E-state index in [-0.39, 0.29) is 17.7 Å². The number of hydrogen-bond acceptors (Lipinski definition) is 4. The summed E-state index contributed by atoms with van der Waals surface area (Å²) >= 11 is 0. The van der Waals surface area contributed by atoms with Crippen LogP contribution in [0.15, 0.2) is 47.1 Å². The van der Waals surface area contributed by atoms with Crippen LogP contribution in [0.4, 0.5) is 14.5 Å². The van der Waals surface area contributed by atoms with Gasteiger partial charge in [0.2, 0.25) is 0 Å². The molecule has 1 aromatic carbocycles. The number of ether oxygens (including phenoxy) is 1. The molecular formula is C17H18F2N2O3. The van der Waals surface area contributed by atoms with Gasteiger partial charge in [-0.05, 0) is 49.2 Å². The molecule has 1 aromatic heterocycles. The zero-order chi connectivity index (χ0) is 16.9. The maximum atomic E-state index is 12.2. The number of nitrogens with one attached hydrogen (secondary N) is 1. The van der Waals surface area contributed by atoms with Gasteiger partial charge in [0, 0.05) is 24.8 Å². The van der Waals surface area contributed by atoms with E-state index in [1.807, 2.05) is 0 Å². The number of carbonyl (C=O) groups is 1. The van der Waals surface area contributed by atoms with Crippen molar-refractivity contribution in [2.45, 2.75) is 25.5 Å². The summed E-state index contributed by atoms with van der Waals surface area (Å²) in [6, 6.07) is 10.0. The number of furan rings is 1. The third kappa shape index (κ3) is 4.04. The predicted octanol–water partition coefficient (Wildman–Crippen LogP) is 3.28. The second kappa shape index (κ2) is 7.33. The van der Waals surface area contributed by atoms with Gasteiger partial charge < -0.3 is 19.4 Å². The van der Waals surface area contributed by atoms with Crippen LogP contribution < -0.4 is 15.0 Å². The predicted molar refractivity (Wildman–Crippen MR) is 84.5 cm³/mol. The van der Waals surface area contributed by atoms with E-state index in [9.17, 15) is 13.6 Å². The van der Waals surface area contributed by atoms with Gasteiger partial charge >= 0.3 is 6.61 Å². The summed E-state index contributed by atoms with van der Waals surface area (Å²) in [6.45, 7) is -1.26. The van der Waals surface area contributed by atoms with Gasteiger partial charge in [-0.2, -0.15) is 8.78 Å². The van der Waals surface area contributed by atoms with Crippen molar-refractivity contribution in [2.24, 2.45) is 0 Å². The standard InChI is InChI=1S/C17H18F2N2O3/c18-17(19)24-14-5-3-13(4-6-14)21-9-7-12(8-10-21)20-16(22)15-2-1-11-23-15/h1-6,11-12,17H,7-10H2,(H,20,22). The number of carbonyl (C=O) groups excluding carboxylic acids is 1. The van der Waals surface area contributed by atoms with Gasteiger partial charge in [0.05, 0.1) is 6.26 Å². The molecule has 3 rings (SSSR count). The Balaban J connectivity index is 1.50. The Morgan fingerprint density at radius 1 is 1.21 bits per heavy atom. The zero-order valence-electron chi connectivity index (χ0n) is 13.0. The number of anilines is 1. The molecule has 0 bridgehead atoms. The second-order valence-corrected chi connectivity index (χ2v) is 5.58. The maximum absolute atomic E-state index is 12.2. The average molecular weight is 336 g/mol. The summed E-state index contributed by atoms with van der Waals surface area (Å²) in [5.41, 5.74) is 0.951. The highest BCUT2D eigenvalue weighted by Crippen LogP contribution is 2.24. The van der Waals surface area contributed by atoms with Crippen molar-refractivity contribution in [3.63, 3.8) is 0 Å². The van der Waals surface area contributed by atoms with Crippen molar-refractivity contribution in [1.29, 1.82) is 0 Å². The smallest absolute Gasteiger partial charge is 0.387 e. The van der Waals surface area contributed by atoms with E-state index in [1.165, 1.54) is 18.4 Å². The first-order valence-electron chi connectivity index (χ1n) is 7.76. The highest BCUT2D eigenvalue weighted by Gasteiger charge is 2.22. The molecule has 1 aliphatic rings. The fraction of sp³-hybridized carbons (Fsp3) is 0.353. The molecule has 0 aliphatic carbocycles. The molecule has 0 radical (unpaired) electrons. The van der Waals surface area contributed by atoms with Crippen molar-refractivity contribution in [1.82, 2.24) is 5.32 Å². The largest absolute Gasteiger partial charge is 0.459 e. The van der Waals surface area contributed by atoms with Gasteiger partial charge in [-0.25, -0.2) is 0 Å². The van der Waals surface area contributed by atoms with Crippen LogP contribution in [0.25, 0.3) is 0 Å². The first kappa shape index (κ1) is 16.3. The first-order chi connectivity index (χ1) is 11.6. The van der Waals surface area contributed by atoms with Crippen LogP contribution in [0.3, 0.4) is 0 Å². The second-order valence-electron chi connectivity index (χ2n) is 5.58. The van der Waals surface area contributed by atoms with Crippen molar-refractivity contribution < 1.29 is 22.7 Å². The molecule has 1 saturated heterocycles. The van der Waals surface area contributed by atoms with Crippen LogP contribution in [-0.2, 0) is 0 Å². The molecule has 2 heterocycles. The van der Waals surface area contributed by atoms with E-state index < -0.39 is 6.61 Å². The minimum absolute atomic E-state index is 0.0975. The minimum Gasteiger partial charge on any atom is -0.459 e. The number of piperidine rings is 1. The minimum atomic E-state index is -2.82. The van der Waals surface area contributed by atoms with Crippen molar-refractivity contribution in [3.8, 4) is 5.75 Å². The van der Waals surface area contributed by atoms with Gasteiger partial charge in [0.15, 0.2) is 5.76 Å². The third-order valence-corrected chi connectivity index (χ3v) is 4.00. The maximum Gasteiger partial charge on any atom is 0.387 e.